The molecule has 1 aliphatic carbocycles. The van der Waals surface area contributed by atoms with Crippen molar-refractivity contribution >= 4 is 31.1 Å². The number of fused-ring (bicyclic) bond motifs is 2. The fourth-order valence-corrected chi connectivity index (χ4v) is 8.61. The zero-order valence-corrected chi connectivity index (χ0v) is 33.1. The summed E-state index contributed by atoms with van der Waals surface area (Å²) >= 11 is 0. The van der Waals surface area contributed by atoms with Crippen molar-refractivity contribution in [1.82, 2.24) is 14.5 Å². The van der Waals surface area contributed by atoms with Crippen LogP contribution < -0.4 is 15.7 Å². The molecule has 2 heterocycles. The van der Waals surface area contributed by atoms with Gasteiger partial charge in [-0.2, -0.15) is 0 Å². The molecule has 2 aromatic carbocycles. The first-order chi connectivity index (χ1) is 25.1. The van der Waals surface area contributed by atoms with Gasteiger partial charge in [0.25, 0.3) is 14.4 Å². The highest BCUT2D eigenvalue weighted by Gasteiger charge is 2.30. The molecule has 0 spiro atoms. The third-order valence-corrected chi connectivity index (χ3v) is 11.6. The lowest BCUT2D eigenvalue weighted by Crippen LogP contribution is -2.76. The van der Waals surface area contributed by atoms with E-state index in [2.05, 4.69) is 110 Å². The number of anilines is 1. The number of hydrogen-bond donors (Lipinski definition) is 2. The molecule has 10 nitrogen and oxygen atoms in total. The average Bonchev–Trinajstić information content (AvgIpc) is 3.11. The van der Waals surface area contributed by atoms with Crippen molar-refractivity contribution in [1.29, 1.82) is 0 Å². The molecule has 2 aromatic rings. The number of benzene rings is 3. The summed E-state index contributed by atoms with van der Waals surface area (Å²) in [6, 6.07) is 17.1. The van der Waals surface area contributed by atoms with E-state index in [-0.39, 0.29) is 18.0 Å². The molecule has 2 N–H and O–H groups in total. The predicted molar refractivity (Wildman–Crippen MR) is 211 cm³/mol. The monoisotopic (exact) mass is 727 g/mol. The minimum Gasteiger partial charge on any atom is -0.456 e. The zero-order valence-electron chi connectivity index (χ0n) is 32.2. The molecule has 2 aliphatic heterocycles. The second-order valence-corrected chi connectivity index (χ2v) is 15.4. The minimum atomic E-state index is -1.27. The third-order valence-electron chi connectivity index (χ3n) is 9.49. The highest BCUT2D eigenvalue weighted by Crippen LogP contribution is 2.46. The van der Waals surface area contributed by atoms with Gasteiger partial charge in [-0.25, -0.2) is 16.2 Å². The largest absolute Gasteiger partial charge is 0.456 e. The lowest BCUT2D eigenvalue weighted by Gasteiger charge is -2.37. The Kier molecular flexibility index (Phi) is 13.8. The molecule has 11 heteroatoms. The summed E-state index contributed by atoms with van der Waals surface area (Å²) in [6.07, 6.45) is 0. The van der Waals surface area contributed by atoms with E-state index < -0.39 is 8.53 Å². The molecule has 1 amide bonds. The number of carbonyl (C=O) groups excluding carboxylic acids is 1. The van der Waals surface area contributed by atoms with Crippen LogP contribution in [0.3, 0.4) is 0 Å². The normalized spacial score (nSPS) is 15.0. The maximum atomic E-state index is 14.4. The molecule has 1 fully saturated rings. The number of piperazine rings is 1. The standard InChI is InChI=1S/C41H55N6O4P/c1-10-43-36-26-38-34(24-30(36)7)40(35-25-31(8)37(44-11-2)27-39(35)51-38)32-14-12-13-15-33(32)41(48)46-19-17-45(18-20-46)21-23-50-52(49-22-16-42-9)47(28(3)4)29(5)6/h12-15,24-29,43H,10-11,16-23H2,1-8H3/p+1. The number of aryl methyl sites for hydroxylation is 2. The van der Waals surface area contributed by atoms with Crippen molar-refractivity contribution < 1.29 is 23.3 Å². The predicted octanol–water partition coefficient (Wildman–Crippen LogP) is 6.31. The van der Waals surface area contributed by atoms with E-state index in [0.717, 1.165) is 88.3 Å². The molecule has 0 saturated carbocycles. The molecule has 0 bridgehead atoms. The molecule has 1 saturated heterocycles. The van der Waals surface area contributed by atoms with Gasteiger partial charge in [0.15, 0.2) is 0 Å². The molecule has 278 valence electrons. The van der Waals surface area contributed by atoms with Crippen molar-refractivity contribution in [2.75, 3.05) is 70.9 Å². The minimum absolute atomic E-state index is 0.0387. The van der Waals surface area contributed by atoms with Crippen molar-refractivity contribution in [3.63, 3.8) is 0 Å². The summed E-state index contributed by atoms with van der Waals surface area (Å²) in [4.78, 5) is 25.7. The molecular weight excluding hydrogens is 671 g/mol. The van der Waals surface area contributed by atoms with Crippen LogP contribution in [0.15, 0.2) is 52.9 Å². The maximum Gasteiger partial charge on any atom is 0.259 e. The van der Waals surface area contributed by atoms with Crippen molar-refractivity contribution in [3.8, 4) is 22.5 Å². The van der Waals surface area contributed by atoms with Gasteiger partial charge >= 0.3 is 0 Å². The fourth-order valence-electron chi connectivity index (χ4n) is 7.04. The number of carbonyl (C=O) groups is 1. The first-order valence-corrected chi connectivity index (χ1v) is 19.8. The number of nitrogens with one attached hydrogen (secondary N) is 2. The lowest BCUT2D eigenvalue weighted by molar-refractivity contribution is -0.496. The number of amides is 1. The Balaban J connectivity index is 1.39. The summed E-state index contributed by atoms with van der Waals surface area (Å²) in [5.74, 6) is 0.815. The molecule has 0 radical (unpaired) electrons. The SMILES string of the molecule is [C-]#[N+]CCOP(OCCN1CCN(C(=O)c2ccccc2-c2c3cc(C)c(=[NH+]CC)cc-3oc3cc(NCC)c(C)cc23)CC1)N(C(C)C)C(C)C. The van der Waals surface area contributed by atoms with Gasteiger partial charge < -0.3 is 28.5 Å². The van der Waals surface area contributed by atoms with Gasteiger partial charge in [-0.05, 0) is 84.7 Å². The van der Waals surface area contributed by atoms with Gasteiger partial charge in [-0.3, -0.25) is 9.69 Å². The van der Waals surface area contributed by atoms with Gasteiger partial charge in [0, 0.05) is 90.7 Å². The van der Waals surface area contributed by atoms with E-state index in [9.17, 15) is 4.79 Å². The Morgan fingerprint density at radius 3 is 2.37 bits per heavy atom. The van der Waals surface area contributed by atoms with Crippen LogP contribution in [-0.2, 0) is 9.05 Å². The fraction of sp³-hybridized carbons (Fsp3) is 0.488. The Labute approximate surface area is 310 Å². The molecule has 1 atom stereocenters. The second-order valence-electron chi connectivity index (χ2n) is 13.9. The van der Waals surface area contributed by atoms with Crippen LogP contribution in [0.1, 0.15) is 63.0 Å². The van der Waals surface area contributed by atoms with Crippen LogP contribution in [0.4, 0.5) is 5.69 Å². The zero-order chi connectivity index (χ0) is 37.4. The van der Waals surface area contributed by atoms with Gasteiger partial charge in [0.05, 0.1) is 12.7 Å². The van der Waals surface area contributed by atoms with Crippen LogP contribution >= 0.6 is 8.53 Å². The molecule has 3 aliphatic rings. The summed E-state index contributed by atoms with van der Waals surface area (Å²) in [6.45, 7) is 30.5. The molecule has 5 rings (SSSR count). The van der Waals surface area contributed by atoms with Crippen molar-refractivity contribution in [3.05, 3.63) is 82.0 Å². The van der Waals surface area contributed by atoms with Crippen LogP contribution in [0, 0.1) is 20.4 Å². The number of nitrogens with zero attached hydrogens (tertiary/aromatic N) is 4. The van der Waals surface area contributed by atoms with E-state index in [1.54, 1.807) is 0 Å². The summed E-state index contributed by atoms with van der Waals surface area (Å²) in [5, 5.41) is 5.50. The summed E-state index contributed by atoms with van der Waals surface area (Å²) in [7, 11) is -1.27. The Hall–Kier alpha value is -3.84. The number of hydrogen-bond acceptors (Lipinski definition) is 7. The van der Waals surface area contributed by atoms with Crippen LogP contribution in [0.2, 0.25) is 0 Å². The summed E-state index contributed by atoms with van der Waals surface area (Å²) < 4.78 is 21.3. The molecular formula is C41H56N6O4P+. The van der Waals surface area contributed by atoms with Crippen LogP contribution in [0.5, 0.6) is 0 Å². The van der Waals surface area contributed by atoms with Crippen LogP contribution in [0.25, 0.3) is 38.3 Å². The average molecular weight is 728 g/mol. The Morgan fingerprint density at radius 1 is 0.981 bits per heavy atom. The lowest BCUT2D eigenvalue weighted by atomic mass is 9.89. The van der Waals surface area contributed by atoms with Gasteiger partial charge in [-0.15, -0.1) is 0 Å². The Bertz CT molecular complexity index is 1900. The van der Waals surface area contributed by atoms with Crippen molar-refractivity contribution in [2.24, 2.45) is 0 Å². The van der Waals surface area contributed by atoms with Gasteiger partial charge in [0.1, 0.15) is 24.5 Å². The Morgan fingerprint density at radius 2 is 1.69 bits per heavy atom. The van der Waals surface area contributed by atoms with E-state index >= 15 is 0 Å². The van der Waals surface area contributed by atoms with Gasteiger partial charge in [0.2, 0.25) is 11.9 Å². The summed E-state index contributed by atoms with van der Waals surface area (Å²) in [5.41, 5.74) is 7.67. The second kappa shape index (κ2) is 18.3. The maximum absolute atomic E-state index is 14.4. The highest BCUT2D eigenvalue weighted by atomic mass is 31.2. The van der Waals surface area contributed by atoms with E-state index in [1.807, 2.05) is 23.1 Å². The van der Waals surface area contributed by atoms with Crippen molar-refractivity contribution in [2.45, 2.75) is 67.5 Å². The third kappa shape index (κ3) is 9.02. The number of rotatable bonds is 15. The first-order valence-electron chi connectivity index (χ1n) is 18.7. The van der Waals surface area contributed by atoms with E-state index in [4.69, 9.17) is 20.0 Å². The molecule has 52 heavy (non-hydrogen) atoms. The smallest absolute Gasteiger partial charge is 0.259 e. The quantitative estimate of drug-likeness (QED) is 0.0643. The molecule has 1 unspecified atom stereocenters. The molecule has 0 aromatic heterocycles. The van der Waals surface area contributed by atoms with E-state index in [0.29, 0.717) is 38.4 Å². The van der Waals surface area contributed by atoms with E-state index in [1.165, 1.54) is 0 Å². The highest BCUT2D eigenvalue weighted by molar-refractivity contribution is 7.44. The van der Waals surface area contributed by atoms with Crippen LogP contribution in [-0.4, -0.2) is 98.0 Å². The topological polar surface area (TPSA) is 88.8 Å². The van der Waals surface area contributed by atoms with Gasteiger partial charge in [-0.1, -0.05) is 18.2 Å². The first kappa shape index (κ1) is 39.4.